The molecule has 0 radical (unpaired) electrons. The third-order valence-corrected chi connectivity index (χ3v) is 8.11. The standard InChI is InChI=1S/C29H29ClN4O4/c1-2-33-25-11-9-19(12-23(25)28(37)34(29(33)38)16-17-6-7-17)26(35)13-18-4-3-5-22(18)27(36)32-21-10-8-20(15-31)24(30)14-21/h8-12,14,17-18,22H,2-7,13,16H2,1H3,(H,32,36)/t18-,22-/m1/s1. The summed E-state index contributed by atoms with van der Waals surface area (Å²) in [7, 11) is 0. The average Bonchev–Trinajstić information content (AvgIpc) is 3.61. The number of carbonyl (C=O) groups excluding carboxylic acids is 2. The summed E-state index contributed by atoms with van der Waals surface area (Å²) in [5, 5.41) is 12.6. The Labute approximate surface area is 224 Å². The summed E-state index contributed by atoms with van der Waals surface area (Å²) in [6, 6.07) is 11.7. The van der Waals surface area contributed by atoms with Crippen LogP contribution in [0.4, 0.5) is 5.69 Å². The smallest absolute Gasteiger partial charge is 0.326 e. The number of carbonyl (C=O) groups is 2. The van der Waals surface area contributed by atoms with Crippen LogP contribution in [0, 0.1) is 29.1 Å². The van der Waals surface area contributed by atoms with E-state index in [4.69, 9.17) is 16.9 Å². The first-order valence-electron chi connectivity index (χ1n) is 13.1. The lowest BCUT2D eigenvalue weighted by Crippen LogP contribution is -2.40. The Morgan fingerprint density at radius 3 is 2.55 bits per heavy atom. The monoisotopic (exact) mass is 532 g/mol. The molecule has 0 saturated heterocycles. The van der Waals surface area contributed by atoms with Gasteiger partial charge in [0, 0.05) is 36.7 Å². The van der Waals surface area contributed by atoms with Gasteiger partial charge in [-0.25, -0.2) is 4.79 Å². The number of rotatable bonds is 8. The minimum absolute atomic E-state index is 0.122. The molecule has 1 amide bonds. The molecule has 2 saturated carbocycles. The molecule has 0 unspecified atom stereocenters. The molecule has 2 aliphatic carbocycles. The van der Waals surface area contributed by atoms with Crippen LogP contribution in [0.2, 0.25) is 5.02 Å². The third kappa shape index (κ3) is 5.03. The number of nitrogens with one attached hydrogen (secondary N) is 1. The van der Waals surface area contributed by atoms with E-state index in [9.17, 15) is 19.2 Å². The van der Waals surface area contributed by atoms with Crippen molar-refractivity contribution in [3.63, 3.8) is 0 Å². The molecule has 3 aromatic rings. The Bertz CT molecular complexity index is 1600. The summed E-state index contributed by atoms with van der Waals surface area (Å²) >= 11 is 6.09. The number of aromatic nitrogens is 2. The molecule has 1 aromatic heterocycles. The van der Waals surface area contributed by atoms with Gasteiger partial charge >= 0.3 is 5.69 Å². The zero-order valence-corrected chi connectivity index (χ0v) is 22.0. The maximum Gasteiger partial charge on any atom is 0.331 e. The second-order valence-electron chi connectivity index (χ2n) is 10.3. The summed E-state index contributed by atoms with van der Waals surface area (Å²) < 4.78 is 2.89. The van der Waals surface area contributed by atoms with Crippen LogP contribution in [0.25, 0.3) is 10.9 Å². The van der Waals surface area contributed by atoms with Crippen molar-refractivity contribution in [3.8, 4) is 6.07 Å². The lowest BCUT2D eigenvalue weighted by atomic mass is 9.88. The molecule has 0 bridgehead atoms. The summed E-state index contributed by atoms with van der Waals surface area (Å²) in [5.41, 5.74) is 1.13. The molecule has 2 fully saturated rings. The van der Waals surface area contributed by atoms with Gasteiger partial charge in [0.05, 0.1) is 21.5 Å². The molecule has 9 heteroatoms. The number of halogens is 1. The minimum Gasteiger partial charge on any atom is -0.326 e. The first-order chi connectivity index (χ1) is 18.3. The van der Waals surface area contributed by atoms with Crippen LogP contribution in [0.15, 0.2) is 46.0 Å². The first-order valence-corrected chi connectivity index (χ1v) is 13.5. The third-order valence-electron chi connectivity index (χ3n) is 7.80. The normalized spacial score (nSPS) is 18.9. The van der Waals surface area contributed by atoms with Crippen molar-refractivity contribution in [2.75, 3.05) is 5.32 Å². The van der Waals surface area contributed by atoms with Crippen LogP contribution < -0.4 is 16.6 Å². The van der Waals surface area contributed by atoms with E-state index in [1.54, 1.807) is 41.0 Å². The van der Waals surface area contributed by atoms with E-state index in [1.807, 2.05) is 13.0 Å². The molecule has 2 aliphatic rings. The molecule has 0 aliphatic heterocycles. The van der Waals surface area contributed by atoms with Crippen molar-refractivity contribution in [2.24, 2.45) is 17.8 Å². The maximum absolute atomic E-state index is 13.3. The number of Topliss-reactive ketones (excluding diaryl/α,β-unsaturated/α-hetero) is 1. The van der Waals surface area contributed by atoms with Crippen molar-refractivity contribution in [1.82, 2.24) is 9.13 Å². The van der Waals surface area contributed by atoms with Gasteiger partial charge in [0.25, 0.3) is 5.56 Å². The number of hydrogen-bond acceptors (Lipinski definition) is 5. The molecular weight excluding hydrogens is 504 g/mol. The highest BCUT2D eigenvalue weighted by atomic mass is 35.5. The van der Waals surface area contributed by atoms with E-state index >= 15 is 0 Å². The van der Waals surface area contributed by atoms with Gasteiger partial charge in [0.15, 0.2) is 5.78 Å². The largest absolute Gasteiger partial charge is 0.331 e. The van der Waals surface area contributed by atoms with Gasteiger partial charge in [0.2, 0.25) is 5.91 Å². The molecule has 196 valence electrons. The number of anilines is 1. The average molecular weight is 533 g/mol. The molecule has 0 spiro atoms. The highest BCUT2D eigenvalue weighted by molar-refractivity contribution is 6.32. The van der Waals surface area contributed by atoms with Crippen molar-refractivity contribution in [3.05, 3.63) is 73.4 Å². The van der Waals surface area contributed by atoms with Gasteiger partial charge in [-0.05, 0) is 80.8 Å². The van der Waals surface area contributed by atoms with Crippen molar-refractivity contribution >= 4 is 39.9 Å². The van der Waals surface area contributed by atoms with Crippen LogP contribution in [-0.2, 0) is 17.9 Å². The second kappa shape index (κ2) is 10.6. The van der Waals surface area contributed by atoms with E-state index in [1.165, 1.54) is 4.57 Å². The van der Waals surface area contributed by atoms with Crippen LogP contribution in [-0.4, -0.2) is 20.8 Å². The van der Waals surface area contributed by atoms with E-state index in [0.717, 1.165) is 25.7 Å². The molecular formula is C29H29ClN4O4. The zero-order valence-electron chi connectivity index (χ0n) is 21.2. The summed E-state index contributed by atoms with van der Waals surface area (Å²) in [5.74, 6) is -0.383. The van der Waals surface area contributed by atoms with Crippen molar-refractivity contribution in [2.45, 2.75) is 58.5 Å². The molecule has 38 heavy (non-hydrogen) atoms. The molecule has 8 nitrogen and oxygen atoms in total. The quantitative estimate of drug-likeness (QED) is 0.421. The fraction of sp³-hybridized carbons (Fsp3) is 0.414. The minimum atomic E-state index is -0.351. The number of nitrogens with zero attached hydrogens (tertiary/aromatic N) is 3. The number of benzene rings is 2. The number of hydrogen-bond donors (Lipinski definition) is 1. The number of nitriles is 1. The van der Waals surface area contributed by atoms with E-state index in [2.05, 4.69) is 5.32 Å². The number of fused-ring (bicyclic) bond motifs is 1. The van der Waals surface area contributed by atoms with Crippen molar-refractivity contribution in [1.29, 1.82) is 5.26 Å². The fourth-order valence-electron chi connectivity index (χ4n) is 5.52. The first kappa shape index (κ1) is 25.9. The topological polar surface area (TPSA) is 114 Å². The Balaban J connectivity index is 1.36. The van der Waals surface area contributed by atoms with Gasteiger partial charge in [-0.2, -0.15) is 5.26 Å². The highest BCUT2D eigenvalue weighted by Crippen LogP contribution is 2.36. The van der Waals surface area contributed by atoms with Gasteiger partial charge in [0.1, 0.15) is 6.07 Å². The molecule has 1 N–H and O–H groups in total. The lowest BCUT2D eigenvalue weighted by molar-refractivity contribution is -0.120. The van der Waals surface area contributed by atoms with E-state index in [0.29, 0.717) is 53.1 Å². The van der Waals surface area contributed by atoms with Gasteiger partial charge < -0.3 is 5.32 Å². The molecule has 2 aromatic carbocycles. The second-order valence-corrected chi connectivity index (χ2v) is 10.7. The number of ketones is 1. The molecule has 2 atom stereocenters. The van der Waals surface area contributed by atoms with Crippen LogP contribution in [0.1, 0.15) is 61.4 Å². The summed E-state index contributed by atoms with van der Waals surface area (Å²) in [6.07, 6.45) is 4.51. The predicted molar refractivity (Wildman–Crippen MR) is 145 cm³/mol. The highest BCUT2D eigenvalue weighted by Gasteiger charge is 2.34. The Hall–Kier alpha value is -3.70. The van der Waals surface area contributed by atoms with Crippen LogP contribution in [0.3, 0.4) is 0 Å². The summed E-state index contributed by atoms with van der Waals surface area (Å²) in [4.78, 5) is 52.6. The van der Waals surface area contributed by atoms with Gasteiger partial charge in [-0.15, -0.1) is 0 Å². The van der Waals surface area contributed by atoms with Crippen molar-refractivity contribution < 1.29 is 9.59 Å². The molecule has 5 rings (SSSR count). The van der Waals surface area contributed by atoms with Gasteiger partial charge in [-0.1, -0.05) is 18.0 Å². The van der Waals surface area contributed by atoms with E-state index in [-0.39, 0.29) is 46.2 Å². The SMILES string of the molecule is CCn1c(=O)n(CC2CC2)c(=O)c2cc(C(=O)C[C@H]3CCC[C@H]3C(=O)Nc3ccc(C#N)c(Cl)c3)ccc21. The van der Waals surface area contributed by atoms with E-state index < -0.39 is 0 Å². The van der Waals surface area contributed by atoms with Gasteiger partial charge in [-0.3, -0.25) is 23.5 Å². The number of amides is 1. The van der Waals surface area contributed by atoms with Crippen LogP contribution >= 0.6 is 11.6 Å². The Morgan fingerprint density at radius 1 is 1.08 bits per heavy atom. The Kier molecular flexibility index (Phi) is 7.22. The van der Waals surface area contributed by atoms with Crippen LogP contribution in [0.5, 0.6) is 0 Å². The fourth-order valence-corrected chi connectivity index (χ4v) is 5.75. The molecule has 1 heterocycles. The predicted octanol–water partition coefficient (Wildman–Crippen LogP) is 4.75. The summed E-state index contributed by atoms with van der Waals surface area (Å²) in [6.45, 7) is 2.70. The Morgan fingerprint density at radius 2 is 1.87 bits per heavy atom. The number of aryl methyl sites for hydroxylation is 1. The lowest BCUT2D eigenvalue weighted by Gasteiger charge is -2.19. The zero-order chi connectivity index (χ0) is 27.0. The maximum atomic E-state index is 13.3.